The number of benzene rings is 2. The summed E-state index contributed by atoms with van der Waals surface area (Å²) in [4.78, 5) is 0.175. The van der Waals surface area contributed by atoms with Gasteiger partial charge in [-0.1, -0.05) is 29.8 Å². The van der Waals surface area contributed by atoms with E-state index in [0.717, 1.165) is 5.56 Å². The number of ether oxygens (including phenoxy) is 1. The molecule has 21 heavy (non-hydrogen) atoms. The minimum atomic E-state index is -3.61. The van der Waals surface area contributed by atoms with E-state index in [0.29, 0.717) is 10.8 Å². The number of hydrogen-bond donors (Lipinski definition) is 1. The molecule has 2 aromatic rings. The zero-order valence-corrected chi connectivity index (χ0v) is 13.3. The lowest BCUT2D eigenvalue weighted by Gasteiger charge is -2.17. The molecule has 0 bridgehead atoms. The molecule has 6 heteroatoms. The van der Waals surface area contributed by atoms with Crippen LogP contribution in [-0.2, 0) is 10.0 Å². The molecule has 2 aromatic carbocycles. The molecule has 0 saturated heterocycles. The van der Waals surface area contributed by atoms with Crippen LogP contribution in [0.3, 0.4) is 0 Å². The Morgan fingerprint density at radius 3 is 2.33 bits per heavy atom. The molecule has 2 rings (SSSR count). The van der Waals surface area contributed by atoms with E-state index in [2.05, 4.69) is 4.72 Å². The number of methoxy groups -OCH3 is 1. The third-order valence-corrected chi connectivity index (χ3v) is 4.87. The Morgan fingerprint density at radius 1 is 1.10 bits per heavy atom. The molecule has 0 heterocycles. The van der Waals surface area contributed by atoms with Crippen LogP contribution in [0.25, 0.3) is 0 Å². The Balaban J connectivity index is 2.25. The van der Waals surface area contributed by atoms with Crippen molar-refractivity contribution < 1.29 is 13.2 Å². The zero-order valence-electron chi connectivity index (χ0n) is 11.7. The minimum Gasteiger partial charge on any atom is -0.496 e. The van der Waals surface area contributed by atoms with Gasteiger partial charge in [0.25, 0.3) is 0 Å². The lowest BCUT2D eigenvalue weighted by Crippen LogP contribution is -2.27. The smallest absolute Gasteiger partial charge is 0.241 e. The molecule has 1 unspecified atom stereocenters. The number of halogens is 1. The number of nitrogens with one attached hydrogen (secondary N) is 1. The summed E-state index contributed by atoms with van der Waals surface area (Å²) in [6, 6.07) is 12.9. The van der Waals surface area contributed by atoms with Gasteiger partial charge in [0.2, 0.25) is 10.0 Å². The van der Waals surface area contributed by atoms with Gasteiger partial charge in [-0.3, -0.25) is 0 Å². The molecule has 0 radical (unpaired) electrons. The van der Waals surface area contributed by atoms with Crippen molar-refractivity contribution in [2.45, 2.75) is 17.9 Å². The van der Waals surface area contributed by atoms with E-state index in [-0.39, 0.29) is 4.90 Å². The quantitative estimate of drug-likeness (QED) is 0.916. The molecule has 4 nitrogen and oxygen atoms in total. The number of sulfonamides is 1. The monoisotopic (exact) mass is 325 g/mol. The van der Waals surface area contributed by atoms with Gasteiger partial charge in [0.15, 0.2) is 0 Å². The van der Waals surface area contributed by atoms with Crippen molar-refractivity contribution in [3.63, 3.8) is 0 Å². The van der Waals surface area contributed by atoms with Crippen LogP contribution in [0, 0.1) is 0 Å². The first-order chi connectivity index (χ1) is 9.94. The summed E-state index contributed by atoms with van der Waals surface area (Å²) in [6.07, 6.45) is 0. The maximum absolute atomic E-state index is 12.3. The van der Waals surface area contributed by atoms with Crippen molar-refractivity contribution in [2.75, 3.05) is 7.11 Å². The number of rotatable bonds is 5. The Morgan fingerprint density at radius 2 is 1.71 bits per heavy atom. The first kappa shape index (κ1) is 15.8. The van der Waals surface area contributed by atoms with Crippen LogP contribution in [0.2, 0.25) is 5.02 Å². The van der Waals surface area contributed by atoms with E-state index in [9.17, 15) is 8.42 Å². The molecule has 0 aliphatic rings. The zero-order chi connectivity index (χ0) is 15.5. The average Bonchev–Trinajstić information content (AvgIpc) is 2.47. The highest BCUT2D eigenvalue weighted by Crippen LogP contribution is 2.26. The summed E-state index contributed by atoms with van der Waals surface area (Å²) in [5.74, 6) is 0.642. The summed E-state index contributed by atoms with van der Waals surface area (Å²) in [6.45, 7) is 1.77. The Labute approximate surface area is 129 Å². The van der Waals surface area contributed by atoms with Crippen LogP contribution >= 0.6 is 11.6 Å². The van der Waals surface area contributed by atoms with Crippen molar-refractivity contribution >= 4 is 21.6 Å². The maximum atomic E-state index is 12.3. The van der Waals surface area contributed by atoms with E-state index >= 15 is 0 Å². The average molecular weight is 326 g/mol. The number of hydrogen-bond acceptors (Lipinski definition) is 3. The first-order valence-corrected chi connectivity index (χ1v) is 8.21. The van der Waals surface area contributed by atoms with Crippen molar-refractivity contribution in [1.29, 1.82) is 0 Å². The number of para-hydroxylation sites is 1. The van der Waals surface area contributed by atoms with E-state index in [4.69, 9.17) is 16.3 Å². The van der Waals surface area contributed by atoms with Gasteiger partial charge in [0.05, 0.1) is 12.0 Å². The highest BCUT2D eigenvalue weighted by molar-refractivity contribution is 7.89. The molecule has 0 aliphatic heterocycles. The molecule has 0 fully saturated rings. The van der Waals surface area contributed by atoms with E-state index in [1.54, 1.807) is 32.2 Å². The van der Waals surface area contributed by atoms with Crippen molar-refractivity contribution in [3.8, 4) is 5.75 Å². The third-order valence-electron chi connectivity index (χ3n) is 3.06. The summed E-state index contributed by atoms with van der Waals surface area (Å²) >= 11 is 5.77. The lowest BCUT2D eigenvalue weighted by atomic mass is 10.1. The van der Waals surface area contributed by atoms with Crippen LogP contribution in [0.5, 0.6) is 5.75 Å². The molecule has 1 N–H and O–H groups in total. The minimum absolute atomic E-state index is 0.175. The van der Waals surface area contributed by atoms with Gasteiger partial charge in [0.1, 0.15) is 5.75 Å². The van der Waals surface area contributed by atoms with E-state index < -0.39 is 16.1 Å². The summed E-state index contributed by atoms with van der Waals surface area (Å²) in [5, 5.41) is 0.492. The SMILES string of the molecule is COc1ccccc1C(C)NS(=O)(=O)c1ccc(Cl)cc1. The Kier molecular flexibility index (Phi) is 4.88. The standard InChI is InChI=1S/C15H16ClNO3S/c1-11(14-5-3-4-6-15(14)20-2)17-21(18,19)13-9-7-12(16)8-10-13/h3-11,17H,1-2H3. The van der Waals surface area contributed by atoms with Gasteiger partial charge in [-0.2, -0.15) is 0 Å². The third kappa shape index (κ3) is 3.75. The molecular weight excluding hydrogens is 310 g/mol. The highest BCUT2D eigenvalue weighted by Gasteiger charge is 2.20. The molecule has 0 aromatic heterocycles. The summed E-state index contributed by atoms with van der Waals surface area (Å²) in [7, 11) is -2.06. The summed E-state index contributed by atoms with van der Waals surface area (Å²) < 4.78 is 32.5. The molecule has 0 aliphatic carbocycles. The van der Waals surface area contributed by atoms with Crippen molar-refractivity contribution in [3.05, 3.63) is 59.1 Å². The predicted molar refractivity (Wildman–Crippen MR) is 83.2 cm³/mol. The first-order valence-electron chi connectivity index (χ1n) is 6.35. The highest BCUT2D eigenvalue weighted by atomic mass is 35.5. The second-order valence-electron chi connectivity index (χ2n) is 4.54. The Hall–Kier alpha value is -1.56. The van der Waals surface area contributed by atoms with Gasteiger partial charge in [0, 0.05) is 16.6 Å². The van der Waals surface area contributed by atoms with Crippen LogP contribution in [-0.4, -0.2) is 15.5 Å². The molecule has 1 atom stereocenters. The van der Waals surface area contributed by atoms with Crippen LogP contribution < -0.4 is 9.46 Å². The van der Waals surface area contributed by atoms with Gasteiger partial charge in [-0.05, 0) is 37.3 Å². The molecule has 0 spiro atoms. The fourth-order valence-electron chi connectivity index (χ4n) is 2.00. The molecule has 0 saturated carbocycles. The lowest BCUT2D eigenvalue weighted by molar-refractivity contribution is 0.405. The fraction of sp³-hybridized carbons (Fsp3) is 0.200. The topological polar surface area (TPSA) is 55.4 Å². The van der Waals surface area contributed by atoms with E-state index in [1.165, 1.54) is 12.1 Å². The van der Waals surface area contributed by atoms with Gasteiger partial charge >= 0.3 is 0 Å². The van der Waals surface area contributed by atoms with Crippen molar-refractivity contribution in [1.82, 2.24) is 4.72 Å². The summed E-state index contributed by atoms with van der Waals surface area (Å²) in [5.41, 5.74) is 0.775. The van der Waals surface area contributed by atoms with Crippen LogP contribution in [0.1, 0.15) is 18.5 Å². The van der Waals surface area contributed by atoms with Crippen LogP contribution in [0.4, 0.5) is 0 Å². The van der Waals surface area contributed by atoms with Gasteiger partial charge in [-0.25, -0.2) is 13.1 Å². The van der Waals surface area contributed by atoms with E-state index in [1.807, 2.05) is 18.2 Å². The predicted octanol–water partition coefficient (Wildman–Crippen LogP) is 3.39. The van der Waals surface area contributed by atoms with Crippen LogP contribution in [0.15, 0.2) is 53.4 Å². The largest absolute Gasteiger partial charge is 0.496 e. The molecule has 112 valence electrons. The molecule has 0 amide bonds. The fourth-order valence-corrected chi connectivity index (χ4v) is 3.35. The Bertz CT molecular complexity index is 714. The normalized spacial score (nSPS) is 12.9. The maximum Gasteiger partial charge on any atom is 0.241 e. The second kappa shape index (κ2) is 6.47. The van der Waals surface area contributed by atoms with Crippen molar-refractivity contribution in [2.24, 2.45) is 0 Å². The molecular formula is C15H16ClNO3S. The van der Waals surface area contributed by atoms with Gasteiger partial charge in [-0.15, -0.1) is 0 Å². The second-order valence-corrected chi connectivity index (χ2v) is 6.69. The van der Waals surface area contributed by atoms with Gasteiger partial charge < -0.3 is 4.74 Å².